The lowest BCUT2D eigenvalue weighted by Crippen LogP contribution is -2.43. The van der Waals surface area contributed by atoms with Crippen LogP contribution in [0.25, 0.3) is 0 Å². The van der Waals surface area contributed by atoms with Crippen molar-refractivity contribution in [1.82, 2.24) is 5.32 Å². The number of carbonyl (C=O) groups excluding carboxylic acids is 1. The van der Waals surface area contributed by atoms with Crippen molar-refractivity contribution in [3.63, 3.8) is 0 Å². The zero-order chi connectivity index (χ0) is 9.97. The van der Waals surface area contributed by atoms with Gasteiger partial charge in [-0.3, -0.25) is 4.79 Å². The molecular weight excluding hydrogens is 176 g/mol. The van der Waals surface area contributed by atoms with Gasteiger partial charge in [0.25, 0.3) is 0 Å². The fourth-order valence-corrected chi connectivity index (χ4v) is 3.11. The van der Waals surface area contributed by atoms with Crippen molar-refractivity contribution in [2.75, 3.05) is 6.54 Å². The zero-order valence-corrected chi connectivity index (χ0v) is 8.67. The van der Waals surface area contributed by atoms with Gasteiger partial charge in [0.2, 0.25) is 5.91 Å². The second-order valence-electron chi connectivity index (χ2n) is 4.68. The highest BCUT2D eigenvalue weighted by Crippen LogP contribution is 2.35. The summed E-state index contributed by atoms with van der Waals surface area (Å²) >= 11 is 0. The van der Waals surface area contributed by atoms with Crippen LogP contribution in [-0.2, 0) is 4.79 Å². The van der Waals surface area contributed by atoms with Gasteiger partial charge < -0.3 is 11.1 Å². The van der Waals surface area contributed by atoms with E-state index in [1.165, 1.54) is 32.1 Å². The molecule has 0 radical (unpaired) electrons. The molecule has 0 aromatic carbocycles. The number of hydrogen-bond acceptors (Lipinski definition) is 2. The van der Waals surface area contributed by atoms with Gasteiger partial charge in [0.05, 0.1) is 6.04 Å². The van der Waals surface area contributed by atoms with E-state index in [2.05, 4.69) is 5.32 Å². The molecular formula is C11H20N2O. The third-order valence-electron chi connectivity index (χ3n) is 3.83. The summed E-state index contributed by atoms with van der Waals surface area (Å²) in [6.07, 6.45) is 7.79. The molecule has 2 atom stereocenters. The Morgan fingerprint density at radius 2 is 1.86 bits per heavy atom. The Balaban J connectivity index is 1.97. The molecule has 1 amide bonds. The molecule has 3 heteroatoms. The average Bonchev–Trinajstić information content (AvgIpc) is 2.67. The number of carbonyl (C=O) groups is 1. The highest BCUT2D eigenvalue weighted by Gasteiger charge is 2.36. The maximum Gasteiger partial charge on any atom is 0.234 e. The minimum absolute atomic E-state index is 0.0434. The molecule has 1 aliphatic carbocycles. The average molecular weight is 196 g/mol. The van der Waals surface area contributed by atoms with E-state index >= 15 is 0 Å². The number of nitrogens with one attached hydrogen (secondary N) is 1. The second-order valence-corrected chi connectivity index (χ2v) is 4.68. The van der Waals surface area contributed by atoms with E-state index < -0.39 is 0 Å². The van der Waals surface area contributed by atoms with Crippen molar-refractivity contribution in [1.29, 1.82) is 0 Å². The SMILES string of the molecule is NC(=O)C1NCCC1C1CCCCC1. The Morgan fingerprint density at radius 1 is 1.14 bits per heavy atom. The fourth-order valence-electron chi connectivity index (χ4n) is 3.11. The van der Waals surface area contributed by atoms with Gasteiger partial charge >= 0.3 is 0 Å². The Morgan fingerprint density at radius 3 is 2.50 bits per heavy atom. The Hall–Kier alpha value is -0.570. The number of nitrogens with two attached hydrogens (primary N) is 1. The van der Waals surface area contributed by atoms with Crippen molar-refractivity contribution in [2.45, 2.75) is 44.6 Å². The lowest BCUT2D eigenvalue weighted by Gasteiger charge is -2.29. The Labute approximate surface area is 85.4 Å². The molecule has 0 spiro atoms. The lowest BCUT2D eigenvalue weighted by molar-refractivity contribution is -0.121. The smallest absolute Gasteiger partial charge is 0.234 e. The Bertz CT molecular complexity index is 211. The van der Waals surface area contributed by atoms with Crippen LogP contribution in [0.3, 0.4) is 0 Å². The number of rotatable bonds is 2. The molecule has 1 aliphatic heterocycles. The topological polar surface area (TPSA) is 55.1 Å². The predicted molar refractivity (Wildman–Crippen MR) is 55.7 cm³/mol. The molecule has 14 heavy (non-hydrogen) atoms. The fraction of sp³-hybridized carbons (Fsp3) is 0.909. The predicted octanol–water partition coefficient (Wildman–Crippen LogP) is 1.03. The van der Waals surface area contributed by atoms with E-state index in [0.717, 1.165) is 18.9 Å². The summed E-state index contributed by atoms with van der Waals surface area (Å²) in [7, 11) is 0. The van der Waals surface area contributed by atoms with Crippen LogP contribution >= 0.6 is 0 Å². The number of primary amides is 1. The molecule has 80 valence electrons. The van der Waals surface area contributed by atoms with Crippen LogP contribution in [0.2, 0.25) is 0 Å². The highest BCUT2D eigenvalue weighted by molar-refractivity contribution is 5.80. The van der Waals surface area contributed by atoms with Gasteiger partial charge in [-0.05, 0) is 24.8 Å². The van der Waals surface area contributed by atoms with E-state index in [-0.39, 0.29) is 11.9 Å². The third kappa shape index (κ3) is 1.92. The quantitative estimate of drug-likeness (QED) is 0.693. The molecule has 0 bridgehead atoms. The summed E-state index contributed by atoms with van der Waals surface area (Å²) in [5.74, 6) is 1.11. The first-order chi connectivity index (χ1) is 6.79. The van der Waals surface area contributed by atoms with E-state index in [0.29, 0.717) is 5.92 Å². The van der Waals surface area contributed by atoms with Crippen LogP contribution in [0.15, 0.2) is 0 Å². The summed E-state index contributed by atoms with van der Waals surface area (Å²) in [6, 6.07) is -0.0434. The summed E-state index contributed by atoms with van der Waals surface area (Å²) in [5.41, 5.74) is 5.39. The molecule has 1 heterocycles. The maximum atomic E-state index is 11.2. The maximum absolute atomic E-state index is 11.2. The molecule has 3 nitrogen and oxygen atoms in total. The van der Waals surface area contributed by atoms with Crippen LogP contribution in [0, 0.1) is 11.8 Å². The van der Waals surface area contributed by atoms with Gasteiger partial charge in [-0.2, -0.15) is 0 Å². The molecule has 2 aliphatic rings. The molecule has 1 saturated heterocycles. The lowest BCUT2D eigenvalue weighted by atomic mass is 9.76. The molecule has 3 N–H and O–H groups in total. The first-order valence-electron chi connectivity index (χ1n) is 5.82. The van der Waals surface area contributed by atoms with Crippen LogP contribution in [0.5, 0.6) is 0 Å². The minimum atomic E-state index is -0.155. The van der Waals surface area contributed by atoms with Gasteiger partial charge in [0, 0.05) is 0 Å². The first kappa shape index (κ1) is 9.97. The summed E-state index contributed by atoms with van der Waals surface area (Å²) in [5, 5.41) is 3.23. The minimum Gasteiger partial charge on any atom is -0.368 e. The van der Waals surface area contributed by atoms with E-state index in [9.17, 15) is 4.79 Å². The van der Waals surface area contributed by atoms with Crippen LogP contribution in [0.1, 0.15) is 38.5 Å². The van der Waals surface area contributed by atoms with E-state index in [1.54, 1.807) is 0 Å². The molecule has 1 saturated carbocycles. The van der Waals surface area contributed by atoms with Crippen LogP contribution in [0.4, 0.5) is 0 Å². The van der Waals surface area contributed by atoms with E-state index in [4.69, 9.17) is 5.73 Å². The van der Waals surface area contributed by atoms with Crippen molar-refractivity contribution in [3.8, 4) is 0 Å². The molecule has 2 fully saturated rings. The van der Waals surface area contributed by atoms with Crippen molar-refractivity contribution in [3.05, 3.63) is 0 Å². The number of hydrogen-bond donors (Lipinski definition) is 2. The normalized spacial score (nSPS) is 34.6. The van der Waals surface area contributed by atoms with Gasteiger partial charge in [-0.15, -0.1) is 0 Å². The van der Waals surface area contributed by atoms with Gasteiger partial charge in [-0.1, -0.05) is 32.1 Å². The highest BCUT2D eigenvalue weighted by atomic mass is 16.1. The Kier molecular flexibility index (Phi) is 3.06. The first-order valence-corrected chi connectivity index (χ1v) is 5.82. The third-order valence-corrected chi connectivity index (χ3v) is 3.83. The monoisotopic (exact) mass is 196 g/mol. The van der Waals surface area contributed by atoms with Crippen molar-refractivity contribution in [2.24, 2.45) is 17.6 Å². The molecule has 0 aromatic rings. The van der Waals surface area contributed by atoms with Crippen molar-refractivity contribution < 1.29 is 4.79 Å². The van der Waals surface area contributed by atoms with Gasteiger partial charge in [0.15, 0.2) is 0 Å². The van der Waals surface area contributed by atoms with Crippen LogP contribution in [-0.4, -0.2) is 18.5 Å². The molecule has 2 unspecified atom stereocenters. The summed E-state index contributed by atoms with van der Waals surface area (Å²) in [4.78, 5) is 11.2. The van der Waals surface area contributed by atoms with Gasteiger partial charge in [0.1, 0.15) is 0 Å². The standard InChI is InChI=1S/C11H20N2O/c12-11(14)10-9(6-7-13-10)8-4-2-1-3-5-8/h8-10,13H,1-7H2,(H2,12,14). The van der Waals surface area contributed by atoms with Crippen molar-refractivity contribution >= 4 is 5.91 Å². The van der Waals surface area contributed by atoms with Gasteiger partial charge in [-0.25, -0.2) is 0 Å². The van der Waals surface area contributed by atoms with E-state index in [1.807, 2.05) is 0 Å². The zero-order valence-electron chi connectivity index (χ0n) is 8.67. The second kappa shape index (κ2) is 4.30. The number of amides is 1. The van der Waals surface area contributed by atoms with Crippen LogP contribution < -0.4 is 11.1 Å². The summed E-state index contributed by atoms with van der Waals surface area (Å²) < 4.78 is 0. The molecule has 2 rings (SSSR count). The largest absolute Gasteiger partial charge is 0.368 e. The molecule has 0 aromatic heterocycles. The summed E-state index contributed by atoms with van der Waals surface area (Å²) in [6.45, 7) is 0.967.